The number of benzene rings is 2. The number of ketones is 2. The number of aliphatic hydroxyl groups excluding tert-OH is 1. The lowest BCUT2D eigenvalue weighted by Crippen LogP contribution is -2.34. The zero-order valence-electron chi connectivity index (χ0n) is 15.0. The minimum absolute atomic E-state index is 0.138. The number of halogens is 2. The van der Waals surface area contributed by atoms with Gasteiger partial charge >= 0.3 is 0 Å². The van der Waals surface area contributed by atoms with Crippen LogP contribution in [-0.4, -0.2) is 51.1 Å². The van der Waals surface area contributed by atoms with E-state index in [1.165, 1.54) is 18.2 Å². The van der Waals surface area contributed by atoms with Crippen LogP contribution in [0.4, 0.5) is 0 Å². The molecule has 0 aliphatic heterocycles. The van der Waals surface area contributed by atoms with E-state index in [-0.39, 0.29) is 25.7 Å². The molecule has 1 aliphatic rings. The first-order valence-electron chi connectivity index (χ1n) is 8.23. The van der Waals surface area contributed by atoms with E-state index in [9.17, 15) is 43.0 Å². The monoisotopic (exact) mass is 573 g/mol. The molecule has 0 fully saturated rings. The molecule has 0 heterocycles. The lowest BCUT2D eigenvalue weighted by molar-refractivity contribution is -0.133. The standard InChI is InChI=1S/C19H12Br2O9S/c20-10-5-8(14(22)18(26)16(10)24)13(7-3-1-2-4-12(7)31(28,29)30)9-6-11(21)17(25)19(27)15(9)23/h1-6,18,23,25-27H,(H,28,29,30)/p-1/b13-8-/t18-/m0/s1. The van der Waals surface area contributed by atoms with Gasteiger partial charge in [0.2, 0.25) is 11.5 Å². The summed E-state index contributed by atoms with van der Waals surface area (Å²) in [5.41, 5.74) is -1.51. The molecule has 2 aromatic carbocycles. The number of hydrogen-bond acceptors (Lipinski definition) is 9. The van der Waals surface area contributed by atoms with E-state index < -0.39 is 55.5 Å². The third-order valence-electron chi connectivity index (χ3n) is 4.43. The minimum atomic E-state index is -5.08. The number of Topliss-reactive ketones (excluding diaryl/α,β-unsaturated/α-hetero) is 2. The van der Waals surface area contributed by atoms with Crippen molar-refractivity contribution in [2.75, 3.05) is 0 Å². The SMILES string of the molecule is O=C1C(Br)=C/C(=C(\c2ccccc2S(=O)(=O)[O-])c2cc(Br)c(O)c(O)c2O)C(=O)[C@@H]1O. The first-order valence-corrected chi connectivity index (χ1v) is 11.2. The van der Waals surface area contributed by atoms with Crippen LogP contribution in [0.1, 0.15) is 11.1 Å². The number of aromatic hydroxyl groups is 3. The summed E-state index contributed by atoms with van der Waals surface area (Å²) < 4.78 is 35.2. The van der Waals surface area contributed by atoms with Crippen molar-refractivity contribution < 1.29 is 43.0 Å². The van der Waals surface area contributed by atoms with Gasteiger partial charge in [-0.15, -0.1) is 0 Å². The van der Waals surface area contributed by atoms with E-state index in [1.54, 1.807) is 0 Å². The molecule has 31 heavy (non-hydrogen) atoms. The van der Waals surface area contributed by atoms with Gasteiger partial charge in [0.25, 0.3) is 0 Å². The molecule has 162 valence electrons. The van der Waals surface area contributed by atoms with Crippen LogP contribution in [0, 0.1) is 0 Å². The zero-order valence-corrected chi connectivity index (χ0v) is 19.0. The van der Waals surface area contributed by atoms with E-state index in [1.807, 2.05) is 0 Å². The molecule has 0 bridgehead atoms. The van der Waals surface area contributed by atoms with Crippen LogP contribution in [0.2, 0.25) is 0 Å². The van der Waals surface area contributed by atoms with Crippen LogP contribution in [0.3, 0.4) is 0 Å². The van der Waals surface area contributed by atoms with Gasteiger partial charge in [0.05, 0.1) is 13.9 Å². The fourth-order valence-corrected chi connectivity index (χ4v) is 4.54. The highest BCUT2D eigenvalue weighted by Crippen LogP contribution is 2.48. The van der Waals surface area contributed by atoms with Crippen molar-refractivity contribution in [3.63, 3.8) is 0 Å². The second-order valence-electron chi connectivity index (χ2n) is 6.31. The van der Waals surface area contributed by atoms with E-state index in [2.05, 4.69) is 31.9 Å². The topological polar surface area (TPSA) is 172 Å². The molecule has 0 spiro atoms. The van der Waals surface area contributed by atoms with Crippen molar-refractivity contribution in [2.24, 2.45) is 0 Å². The smallest absolute Gasteiger partial charge is 0.206 e. The lowest BCUT2D eigenvalue weighted by Gasteiger charge is -2.23. The molecule has 0 aromatic heterocycles. The molecule has 9 nitrogen and oxygen atoms in total. The highest BCUT2D eigenvalue weighted by atomic mass is 79.9. The molecule has 0 radical (unpaired) electrons. The van der Waals surface area contributed by atoms with Gasteiger partial charge in [-0.2, -0.15) is 0 Å². The molecule has 2 aromatic rings. The highest BCUT2D eigenvalue weighted by molar-refractivity contribution is 9.12. The Morgan fingerprint density at radius 2 is 1.55 bits per heavy atom. The van der Waals surface area contributed by atoms with Gasteiger partial charge in [-0.3, -0.25) is 9.59 Å². The fourth-order valence-electron chi connectivity index (χ4n) is 2.99. The van der Waals surface area contributed by atoms with Gasteiger partial charge in [-0.05, 0) is 50.1 Å². The maximum atomic E-state index is 12.8. The van der Waals surface area contributed by atoms with Crippen molar-refractivity contribution in [1.82, 2.24) is 0 Å². The van der Waals surface area contributed by atoms with Crippen molar-refractivity contribution in [1.29, 1.82) is 0 Å². The van der Waals surface area contributed by atoms with Gasteiger partial charge < -0.3 is 25.0 Å². The number of aliphatic hydroxyl groups is 1. The Labute approximate surface area is 192 Å². The van der Waals surface area contributed by atoms with Gasteiger partial charge in [-0.25, -0.2) is 8.42 Å². The van der Waals surface area contributed by atoms with Gasteiger partial charge in [0.15, 0.2) is 23.4 Å². The number of phenols is 3. The second kappa shape index (κ2) is 8.20. The second-order valence-corrected chi connectivity index (χ2v) is 9.37. The number of allylic oxidation sites excluding steroid dienone is 1. The summed E-state index contributed by atoms with van der Waals surface area (Å²) >= 11 is 5.88. The summed E-state index contributed by atoms with van der Waals surface area (Å²) in [5.74, 6) is -4.75. The molecule has 0 unspecified atom stereocenters. The number of phenolic OH excluding ortho intramolecular Hbond substituents is 3. The molecule has 12 heteroatoms. The molecule has 3 rings (SSSR count). The Morgan fingerprint density at radius 1 is 0.935 bits per heavy atom. The van der Waals surface area contributed by atoms with Crippen LogP contribution in [0.15, 0.2) is 55.8 Å². The van der Waals surface area contributed by atoms with Crippen LogP contribution < -0.4 is 0 Å². The van der Waals surface area contributed by atoms with Gasteiger partial charge in [-0.1, -0.05) is 18.2 Å². The number of rotatable bonds is 3. The number of carbonyl (C=O) groups excluding carboxylic acids is 2. The van der Waals surface area contributed by atoms with Crippen molar-refractivity contribution in [3.05, 3.63) is 62.1 Å². The van der Waals surface area contributed by atoms with Crippen LogP contribution >= 0.6 is 31.9 Å². The van der Waals surface area contributed by atoms with Gasteiger partial charge in [0.1, 0.15) is 10.1 Å². The third kappa shape index (κ3) is 4.04. The average molecular weight is 575 g/mol. The first kappa shape index (κ1) is 23.2. The summed E-state index contributed by atoms with van der Waals surface area (Å²) in [5, 5.41) is 40.4. The maximum Gasteiger partial charge on any atom is 0.206 e. The van der Waals surface area contributed by atoms with Crippen molar-refractivity contribution in [2.45, 2.75) is 11.0 Å². The molecule has 0 saturated carbocycles. The van der Waals surface area contributed by atoms with E-state index in [0.29, 0.717) is 0 Å². The quantitative estimate of drug-likeness (QED) is 0.185. The molecular formula is C19H11Br2O9S-. The summed E-state index contributed by atoms with van der Waals surface area (Å²) in [6.45, 7) is 0. The Hall–Kier alpha value is -2.51. The average Bonchev–Trinajstić information content (AvgIpc) is 2.72. The molecule has 1 atom stereocenters. The fraction of sp³-hybridized carbons (Fsp3) is 0.0526. The summed E-state index contributed by atoms with van der Waals surface area (Å²) in [6.07, 6.45) is -1.13. The maximum absolute atomic E-state index is 12.8. The van der Waals surface area contributed by atoms with Crippen molar-refractivity contribution in [3.8, 4) is 17.2 Å². The number of hydrogen-bond donors (Lipinski definition) is 4. The summed E-state index contributed by atoms with van der Waals surface area (Å²) in [6, 6.07) is 5.82. The van der Waals surface area contributed by atoms with Crippen LogP contribution in [0.5, 0.6) is 17.2 Å². The summed E-state index contributed by atoms with van der Waals surface area (Å²) in [4.78, 5) is 23.9. The third-order valence-corrected chi connectivity index (χ3v) is 6.55. The summed E-state index contributed by atoms with van der Waals surface area (Å²) in [7, 11) is -5.08. The van der Waals surface area contributed by atoms with Gasteiger partial charge in [0, 0.05) is 22.3 Å². The normalized spacial score (nSPS) is 18.7. The molecule has 0 saturated heterocycles. The zero-order chi connectivity index (χ0) is 23.2. The minimum Gasteiger partial charge on any atom is -0.744 e. The molecular weight excluding hydrogens is 564 g/mol. The molecule has 4 N–H and O–H groups in total. The number of carbonyl (C=O) groups is 2. The highest BCUT2D eigenvalue weighted by Gasteiger charge is 2.36. The Bertz CT molecular complexity index is 1310. The Balaban J connectivity index is 2.57. The van der Waals surface area contributed by atoms with Crippen LogP contribution in [-0.2, 0) is 19.7 Å². The van der Waals surface area contributed by atoms with Crippen LogP contribution in [0.25, 0.3) is 5.57 Å². The Morgan fingerprint density at radius 3 is 2.16 bits per heavy atom. The Kier molecular flexibility index (Phi) is 6.13. The van der Waals surface area contributed by atoms with E-state index in [0.717, 1.165) is 18.2 Å². The first-order chi connectivity index (χ1) is 14.4. The van der Waals surface area contributed by atoms with E-state index in [4.69, 9.17) is 0 Å². The predicted octanol–water partition coefficient (Wildman–Crippen LogP) is 2.06. The van der Waals surface area contributed by atoms with E-state index >= 15 is 0 Å². The molecule has 0 amide bonds. The lowest BCUT2D eigenvalue weighted by atomic mass is 9.85. The molecule has 1 aliphatic carbocycles. The van der Waals surface area contributed by atoms with Crippen molar-refractivity contribution >= 4 is 59.1 Å². The largest absolute Gasteiger partial charge is 0.744 e. The predicted molar refractivity (Wildman–Crippen MR) is 113 cm³/mol.